The first-order valence-corrected chi connectivity index (χ1v) is 7.42. The summed E-state index contributed by atoms with van der Waals surface area (Å²) < 4.78 is 9.79. The Hall–Kier alpha value is -2.31. The van der Waals surface area contributed by atoms with Gasteiger partial charge < -0.3 is 14.5 Å². The maximum atomic E-state index is 11.8. The molecular weight excluding hydrogens is 288 g/mol. The Kier molecular flexibility index (Phi) is 5.57. The highest BCUT2D eigenvalue weighted by atomic mass is 16.6. The molecule has 120 valence electrons. The Morgan fingerprint density at radius 1 is 1.27 bits per heavy atom. The summed E-state index contributed by atoms with van der Waals surface area (Å²) in [5.74, 6) is -1.42. The monoisotopic (exact) mass is 308 g/mol. The molecule has 0 saturated heterocycles. The van der Waals surface area contributed by atoms with E-state index in [0.29, 0.717) is 0 Å². The van der Waals surface area contributed by atoms with E-state index in [-0.39, 0.29) is 11.8 Å². The van der Waals surface area contributed by atoms with Gasteiger partial charge in [-0.2, -0.15) is 0 Å². The molecule has 22 heavy (non-hydrogen) atoms. The average Bonchev–Trinajstić information content (AvgIpc) is 3.02. The van der Waals surface area contributed by atoms with Crippen LogP contribution in [0.5, 0.6) is 0 Å². The molecule has 0 spiro atoms. The lowest BCUT2D eigenvalue weighted by molar-refractivity contribution is -0.128. The van der Waals surface area contributed by atoms with Crippen molar-refractivity contribution in [1.82, 2.24) is 10.6 Å². The number of urea groups is 1. The molecule has 1 saturated carbocycles. The molecule has 0 unspecified atom stereocenters. The van der Waals surface area contributed by atoms with Crippen molar-refractivity contribution in [1.29, 1.82) is 0 Å². The number of rotatable bonds is 4. The van der Waals surface area contributed by atoms with Crippen LogP contribution >= 0.6 is 0 Å². The number of esters is 1. The Morgan fingerprint density at radius 3 is 2.64 bits per heavy atom. The predicted molar refractivity (Wildman–Crippen MR) is 77.1 cm³/mol. The smallest absolute Gasteiger partial charge is 0.374 e. The molecule has 0 bridgehead atoms. The zero-order valence-electron chi connectivity index (χ0n) is 12.5. The van der Waals surface area contributed by atoms with Crippen molar-refractivity contribution in [2.24, 2.45) is 0 Å². The van der Waals surface area contributed by atoms with Crippen molar-refractivity contribution in [3.8, 4) is 0 Å². The number of amides is 3. The van der Waals surface area contributed by atoms with Gasteiger partial charge in [-0.05, 0) is 31.9 Å². The largest absolute Gasteiger partial charge is 0.457 e. The lowest BCUT2D eigenvalue weighted by Gasteiger charge is -2.23. The van der Waals surface area contributed by atoms with Crippen LogP contribution in [0.25, 0.3) is 0 Å². The normalized spacial score (nSPS) is 16.6. The molecule has 1 heterocycles. The van der Waals surface area contributed by atoms with Gasteiger partial charge in [-0.1, -0.05) is 19.3 Å². The second kappa shape index (κ2) is 7.63. The second-order valence-corrected chi connectivity index (χ2v) is 5.32. The van der Waals surface area contributed by atoms with Gasteiger partial charge in [-0.15, -0.1) is 0 Å². The molecule has 3 amide bonds. The van der Waals surface area contributed by atoms with Gasteiger partial charge in [-0.25, -0.2) is 9.59 Å². The molecule has 2 rings (SSSR count). The van der Waals surface area contributed by atoms with Crippen LogP contribution in [0.1, 0.15) is 49.6 Å². The SMILES string of the molecule is C[C@H](OC(=O)c1ccco1)C(=O)NC(=O)NC1CCCCC1. The first-order chi connectivity index (χ1) is 10.6. The van der Waals surface area contributed by atoms with Gasteiger partial charge in [0.1, 0.15) is 0 Å². The standard InChI is InChI=1S/C15H20N2O5/c1-10(22-14(19)12-8-5-9-21-12)13(18)17-15(20)16-11-6-3-2-4-7-11/h5,8-11H,2-4,6-7H2,1H3,(H2,16,17,18,20)/t10-/m0/s1. The molecule has 2 N–H and O–H groups in total. The summed E-state index contributed by atoms with van der Waals surface area (Å²) in [6.07, 6.45) is 5.42. The fourth-order valence-electron chi connectivity index (χ4n) is 2.35. The van der Waals surface area contributed by atoms with Crippen molar-refractivity contribution < 1.29 is 23.5 Å². The van der Waals surface area contributed by atoms with Crippen molar-refractivity contribution in [3.05, 3.63) is 24.2 Å². The minimum absolute atomic E-state index is 0.00584. The number of nitrogens with one attached hydrogen (secondary N) is 2. The van der Waals surface area contributed by atoms with Crippen molar-refractivity contribution in [3.63, 3.8) is 0 Å². The van der Waals surface area contributed by atoms with Gasteiger partial charge in [0.05, 0.1) is 6.26 Å². The average molecular weight is 308 g/mol. The van der Waals surface area contributed by atoms with Gasteiger partial charge in [0.2, 0.25) is 5.76 Å². The lowest BCUT2D eigenvalue weighted by atomic mass is 9.96. The maximum Gasteiger partial charge on any atom is 0.374 e. The van der Waals surface area contributed by atoms with E-state index in [1.807, 2.05) is 0 Å². The number of carbonyl (C=O) groups is 3. The second-order valence-electron chi connectivity index (χ2n) is 5.32. The number of imide groups is 1. The highest BCUT2D eigenvalue weighted by molar-refractivity contribution is 5.98. The molecular formula is C15H20N2O5. The summed E-state index contributed by atoms with van der Waals surface area (Å²) in [5, 5.41) is 4.94. The van der Waals surface area contributed by atoms with Crippen molar-refractivity contribution in [2.75, 3.05) is 0 Å². The topological polar surface area (TPSA) is 97.6 Å². The van der Waals surface area contributed by atoms with Crippen LogP contribution in [0, 0.1) is 0 Å². The molecule has 1 atom stereocenters. The summed E-state index contributed by atoms with van der Waals surface area (Å²) in [4.78, 5) is 35.2. The van der Waals surface area contributed by atoms with E-state index in [1.54, 1.807) is 6.07 Å². The summed E-state index contributed by atoms with van der Waals surface area (Å²) >= 11 is 0. The van der Waals surface area contributed by atoms with Crippen LogP contribution in [0.3, 0.4) is 0 Å². The highest BCUT2D eigenvalue weighted by Crippen LogP contribution is 2.17. The van der Waals surface area contributed by atoms with E-state index in [1.165, 1.54) is 25.7 Å². The fraction of sp³-hybridized carbons (Fsp3) is 0.533. The summed E-state index contributed by atoms with van der Waals surface area (Å²) in [7, 11) is 0. The Balaban J connectivity index is 1.75. The Bertz CT molecular complexity index is 520. The third kappa shape index (κ3) is 4.61. The van der Waals surface area contributed by atoms with Crippen LogP contribution in [0.15, 0.2) is 22.8 Å². The molecule has 0 radical (unpaired) electrons. The lowest BCUT2D eigenvalue weighted by Crippen LogP contribution is -2.48. The molecule has 1 fully saturated rings. The molecule has 0 aliphatic heterocycles. The number of carbonyl (C=O) groups excluding carboxylic acids is 3. The van der Waals surface area contributed by atoms with E-state index in [2.05, 4.69) is 10.6 Å². The molecule has 7 nitrogen and oxygen atoms in total. The maximum absolute atomic E-state index is 11.8. The highest BCUT2D eigenvalue weighted by Gasteiger charge is 2.23. The Labute approximate surface area is 128 Å². The van der Waals surface area contributed by atoms with Gasteiger partial charge >= 0.3 is 12.0 Å². The number of hydrogen-bond acceptors (Lipinski definition) is 5. The van der Waals surface area contributed by atoms with E-state index in [4.69, 9.17) is 9.15 Å². The number of furan rings is 1. The summed E-state index contributed by atoms with van der Waals surface area (Å²) in [5.41, 5.74) is 0. The number of hydrogen-bond donors (Lipinski definition) is 2. The zero-order valence-corrected chi connectivity index (χ0v) is 12.5. The molecule has 1 aliphatic rings. The van der Waals surface area contributed by atoms with Crippen LogP contribution in [0.4, 0.5) is 4.79 Å². The van der Waals surface area contributed by atoms with Gasteiger partial charge in [0.15, 0.2) is 6.10 Å². The number of ether oxygens (including phenoxy) is 1. The predicted octanol–water partition coefficient (Wildman–Crippen LogP) is 1.98. The van der Waals surface area contributed by atoms with E-state index < -0.39 is 24.0 Å². The van der Waals surface area contributed by atoms with E-state index in [0.717, 1.165) is 25.7 Å². The summed E-state index contributed by atoms with van der Waals surface area (Å²) in [6, 6.07) is 2.52. The van der Waals surface area contributed by atoms with Crippen LogP contribution < -0.4 is 10.6 Å². The Morgan fingerprint density at radius 2 is 2.00 bits per heavy atom. The van der Waals surface area contributed by atoms with Gasteiger partial charge in [-0.3, -0.25) is 10.1 Å². The first kappa shape index (κ1) is 16.1. The zero-order chi connectivity index (χ0) is 15.9. The minimum atomic E-state index is -1.09. The van der Waals surface area contributed by atoms with Crippen molar-refractivity contribution in [2.45, 2.75) is 51.2 Å². The van der Waals surface area contributed by atoms with E-state index in [9.17, 15) is 14.4 Å². The molecule has 7 heteroatoms. The van der Waals surface area contributed by atoms with Crippen molar-refractivity contribution >= 4 is 17.9 Å². The summed E-state index contributed by atoms with van der Waals surface area (Å²) in [6.45, 7) is 1.39. The quantitative estimate of drug-likeness (QED) is 0.829. The van der Waals surface area contributed by atoms with E-state index >= 15 is 0 Å². The van der Waals surface area contributed by atoms with Crippen LogP contribution in [-0.2, 0) is 9.53 Å². The van der Waals surface area contributed by atoms with Crippen LogP contribution in [-0.4, -0.2) is 30.1 Å². The van der Waals surface area contributed by atoms with Gasteiger partial charge in [0, 0.05) is 6.04 Å². The fourth-order valence-corrected chi connectivity index (χ4v) is 2.35. The molecule has 0 aromatic carbocycles. The van der Waals surface area contributed by atoms with Gasteiger partial charge in [0.25, 0.3) is 5.91 Å². The third-order valence-electron chi connectivity index (χ3n) is 3.55. The molecule has 1 aromatic heterocycles. The first-order valence-electron chi connectivity index (χ1n) is 7.42. The van der Waals surface area contributed by atoms with Crippen LogP contribution in [0.2, 0.25) is 0 Å². The molecule has 1 aromatic rings. The third-order valence-corrected chi connectivity index (χ3v) is 3.55. The molecule has 1 aliphatic carbocycles. The minimum Gasteiger partial charge on any atom is -0.457 e.